The molecular formula is C35H39N3O4S. The Labute approximate surface area is 255 Å². The predicted molar refractivity (Wildman–Crippen MR) is 171 cm³/mol. The predicted octanol–water partition coefficient (Wildman–Crippen LogP) is 5.66. The second-order valence-corrected chi connectivity index (χ2v) is 12.8. The number of nitrogens with one attached hydrogen (secondary N) is 1. The Morgan fingerprint density at radius 3 is 2.05 bits per heavy atom. The van der Waals surface area contributed by atoms with Gasteiger partial charge in [-0.1, -0.05) is 84.9 Å². The van der Waals surface area contributed by atoms with Crippen LogP contribution in [0.4, 0.5) is 5.69 Å². The largest absolute Gasteiger partial charge is 0.352 e. The average Bonchev–Trinajstić information content (AvgIpc) is 2.99. The second kappa shape index (κ2) is 14.2. The molecule has 4 aromatic rings. The van der Waals surface area contributed by atoms with Gasteiger partial charge in [-0.25, -0.2) is 8.42 Å². The quantitative estimate of drug-likeness (QED) is 0.228. The van der Waals surface area contributed by atoms with Crippen LogP contribution in [0.15, 0.2) is 114 Å². The third-order valence-electron chi connectivity index (χ3n) is 7.20. The molecule has 0 aliphatic carbocycles. The molecule has 0 bridgehead atoms. The summed E-state index contributed by atoms with van der Waals surface area (Å²) < 4.78 is 29.2. The number of rotatable bonds is 12. The number of hydrogen-bond acceptors (Lipinski definition) is 4. The summed E-state index contributed by atoms with van der Waals surface area (Å²) in [6.45, 7) is 7.23. The fourth-order valence-corrected chi connectivity index (χ4v) is 6.36. The Morgan fingerprint density at radius 1 is 0.791 bits per heavy atom. The van der Waals surface area contributed by atoms with Gasteiger partial charge in [0.15, 0.2) is 0 Å². The molecule has 1 atom stereocenters. The van der Waals surface area contributed by atoms with Crippen LogP contribution in [0.5, 0.6) is 0 Å². The number of anilines is 1. The van der Waals surface area contributed by atoms with E-state index in [4.69, 9.17) is 0 Å². The van der Waals surface area contributed by atoms with E-state index in [1.54, 1.807) is 36.4 Å². The number of carbonyl (C=O) groups excluding carboxylic acids is 2. The van der Waals surface area contributed by atoms with Crippen molar-refractivity contribution in [1.82, 2.24) is 10.2 Å². The van der Waals surface area contributed by atoms with Crippen LogP contribution in [0, 0.1) is 13.8 Å². The third-order valence-corrected chi connectivity index (χ3v) is 8.99. The zero-order chi connectivity index (χ0) is 31.0. The lowest BCUT2D eigenvalue weighted by Gasteiger charge is -2.34. The van der Waals surface area contributed by atoms with Gasteiger partial charge in [-0.05, 0) is 74.2 Å². The lowest BCUT2D eigenvalue weighted by molar-refractivity contribution is -0.140. The molecule has 0 radical (unpaired) electrons. The van der Waals surface area contributed by atoms with Crippen molar-refractivity contribution in [3.8, 4) is 0 Å². The maximum Gasteiger partial charge on any atom is 0.264 e. The van der Waals surface area contributed by atoms with Gasteiger partial charge in [-0.2, -0.15) is 0 Å². The number of nitrogens with zero attached hydrogens (tertiary/aromatic N) is 2. The van der Waals surface area contributed by atoms with Gasteiger partial charge in [0.25, 0.3) is 10.0 Å². The summed E-state index contributed by atoms with van der Waals surface area (Å²) in [5.41, 5.74) is 3.96. The Bertz CT molecular complexity index is 1640. The molecule has 0 aliphatic heterocycles. The van der Waals surface area contributed by atoms with Crippen LogP contribution < -0.4 is 9.62 Å². The molecule has 4 rings (SSSR count). The van der Waals surface area contributed by atoms with Gasteiger partial charge in [-0.15, -0.1) is 0 Å². The van der Waals surface area contributed by atoms with E-state index in [0.29, 0.717) is 5.69 Å². The number of sulfonamides is 1. The molecule has 0 heterocycles. The molecule has 43 heavy (non-hydrogen) atoms. The first kappa shape index (κ1) is 31.5. The van der Waals surface area contributed by atoms with E-state index < -0.39 is 28.5 Å². The van der Waals surface area contributed by atoms with Gasteiger partial charge in [0.1, 0.15) is 12.6 Å². The Morgan fingerprint density at radius 2 is 1.42 bits per heavy atom. The Balaban J connectivity index is 1.81. The van der Waals surface area contributed by atoms with Gasteiger partial charge in [0.2, 0.25) is 11.8 Å². The van der Waals surface area contributed by atoms with E-state index in [1.165, 1.54) is 17.0 Å². The normalized spacial score (nSPS) is 12.0. The summed E-state index contributed by atoms with van der Waals surface area (Å²) in [7, 11) is -4.12. The molecule has 0 fully saturated rings. The molecule has 7 nitrogen and oxygen atoms in total. The number of aryl methyl sites for hydroxylation is 2. The van der Waals surface area contributed by atoms with Crippen molar-refractivity contribution in [3.05, 3.63) is 131 Å². The second-order valence-electron chi connectivity index (χ2n) is 11.0. The molecule has 0 aromatic heterocycles. The van der Waals surface area contributed by atoms with E-state index >= 15 is 0 Å². The van der Waals surface area contributed by atoms with Crippen LogP contribution in [0.3, 0.4) is 0 Å². The van der Waals surface area contributed by atoms with Gasteiger partial charge in [0, 0.05) is 19.0 Å². The van der Waals surface area contributed by atoms with Crippen LogP contribution in [-0.2, 0) is 32.6 Å². The molecular weight excluding hydrogens is 558 g/mol. The van der Waals surface area contributed by atoms with E-state index in [0.717, 1.165) is 26.6 Å². The maximum absolute atomic E-state index is 14.5. The molecule has 1 N–H and O–H groups in total. The lowest BCUT2D eigenvalue weighted by atomic mass is 10.0. The van der Waals surface area contributed by atoms with Crippen molar-refractivity contribution < 1.29 is 18.0 Å². The molecule has 0 saturated heterocycles. The van der Waals surface area contributed by atoms with Crippen molar-refractivity contribution in [1.29, 1.82) is 0 Å². The fraction of sp³-hybridized carbons (Fsp3) is 0.257. The number of benzene rings is 4. The lowest BCUT2D eigenvalue weighted by Crippen LogP contribution is -2.54. The summed E-state index contributed by atoms with van der Waals surface area (Å²) in [4.78, 5) is 29.8. The first-order chi connectivity index (χ1) is 20.6. The highest BCUT2D eigenvalue weighted by Crippen LogP contribution is 2.26. The van der Waals surface area contributed by atoms with Crippen LogP contribution in [0.2, 0.25) is 0 Å². The Kier molecular flexibility index (Phi) is 10.4. The Hall–Kier alpha value is -4.43. The van der Waals surface area contributed by atoms with Crippen LogP contribution in [0.1, 0.15) is 36.1 Å². The summed E-state index contributed by atoms with van der Waals surface area (Å²) in [6, 6.07) is 31.3. The van der Waals surface area contributed by atoms with E-state index in [-0.39, 0.29) is 29.8 Å². The van der Waals surface area contributed by atoms with Crippen LogP contribution in [0.25, 0.3) is 0 Å². The topological polar surface area (TPSA) is 86.8 Å². The summed E-state index contributed by atoms with van der Waals surface area (Å²) in [5, 5.41) is 2.98. The molecule has 4 aromatic carbocycles. The average molecular weight is 598 g/mol. The van der Waals surface area contributed by atoms with Gasteiger partial charge >= 0.3 is 0 Å². The van der Waals surface area contributed by atoms with Crippen molar-refractivity contribution in [3.63, 3.8) is 0 Å². The smallest absolute Gasteiger partial charge is 0.264 e. The number of amides is 2. The highest BCUT2D eigenvalue weighted by Gasteiger charge is 2.35. The molecule has 0 saturated carbocycles. The molecule has 0 unspecified atom stereocenters. The van der Waals surface area contributed by atoms with Crippen LogP contribution in [-0.4, -0.2) is 43.8 Å². The minimum Gasteiger partial charge on any atom is -0.352 e. The van der Waals surface area contributed by atoms with Gasteiger partial charge in [0.05, 0.1) is 10.6 Å². The van der Waals surface area contributed by atoms with Crippen LogP contribution >= 0.6 is 0 Å². The van der Waals surface area contributed by atoms with E-state index in [2.05, 4.69) is 5.32 Å². The minimum atomic E-state index is -4.12. The van der Waals surface area contributed by atoms with Crippen molar-refractivity contribution >= 4 is 27.5 Å². The molecule has 8 heteroatoms. The zero-order valence-corrected chi connectivity index (χ0v) is 25.9. The highest BCUT2D eigenvalue weighted by molar-refractivity contribution is 7.92. The third kappa shape index (κ3) is 8.11. The minimum absolute atomic E-state index is 0.0770. The highest BCUT2D eigenvalue weighted by atomic mass is 32.2. The molecule has 0 spiro atoms. The molecule has 0 aliphatic rings. The fourth-order valence-electron chi connectivity index (χ4n) is 4.94. The van der Waals surface area contributed by atoms with E-state index in [1.807, 2.05) is 88.4 Å². The zero-order valence-electron chi connectivity index (χ0n) is 25.1. The van der Waals surface area contributed by atoms with Gasteiger partial charge in [-0.3, -0.25) is 13.9 Å². The molecule has 224 valence electrons. The van der Waals surface area contributed by atoms with Crippen molar-refractivity contribution in [2.24, 2.45) is 0 Å². The number of hydrogen-bond donors (Lipinski definition) is 1. The summed E-state index contributed by atoms with van der Waals surface area (Å²) in [5.74, 6) is -0.780. The SMILES string of the molecule is Cc1cccc(N(CC(=O)N(Cc2ccccc2C)[C@@H](Cc2ccccc2)C(=O)NC(C)C)S(=O)(=O)c2ccccc2)c1. The first-order valence-corrected chi connectivity index (χ1v) is 15.8. The standard InChI is InChI=1S/C35H39N3O4S/c1-26(2)36-35(40)33(23-29-16-7-5-8-17-29)37(24-30-18-12-11-15-28(30)4)34(39)25-38(31-19-13-14-27(3)22-31)43(41,42)32-20-9-6-10-21-32/h5-22,26,33H,23-25H2,1-4H3,(H,36,40)/t33-/m0/s1. The number of carbonyl (C=O) groups is 2. The van der Waals surface area contributed by atoms with Gasteiger partial charge < -0.3 is 10.2 Å². The first-order valence-electron chi connectivity index (χ1n) is 14.4. The summed E-state index contributed by atoms with van der Waals surface area (Å²) in [6.07, 6.45) is 0.271. The molecule has 2 amide bonds. The van der Waals surface area contributed by atoms with Crippen molar-refractivity contribution in [2.75, 3.05) is 10.8 Å². The summed E-state index contributed by atoms with van der Waals surface area (Å²) >= 11 is 0. The van der Waals surface area contributed by atoms with E-state index in [9.17, 15) is 18.0 Å². The maximum atomic E-state index is 14.5. The monoisotopic (exact) mass is 597 g/mol. The van der Waals surface area contributed by atoms with Crippen molar-refractivity contribution in [2.45, 2.75) is 57.6 Å².